The molecule has 0 saturated carbocycles. The lowest BCUT2D eigenvalue weighted by molar-refractivity contribution is -0.139. The average Bonchev–Trinajstić information content (AvgIpc) is 1.81. The summed E-state index contributed by atoms with van der Waals surface area (Å²) in [6.45, 7) is 4.69. The molecule has 0 aromatic carbocycles. The Kier molecular flexibility index (Phi) is 3.71. The van der Waals surface area contributed by atoms with Crippen molar-refractivity contribution in [2.45, 2.75) is 19.8 Å². The first-order chi connectivity index (χ1) is 4.95. The maximum absolute atomic E-state index is 12.0. The predicted molar refractivity (Wildman–Crippen MR) is 36.6 cm³/mol. The quantitative estimate of drug-likeness (QED) is 0.644. The highest BCUT2D eigenvalue weighted by Gasteiger charge is 2.23. The molecular formula is C7H10F2O2. The first-order valence-corrected chi connectivity index (χ1v) is 3.10. The van der Waals surface area contributed by atoms with Crippen molar-refractivity contribution in [3.63, 3.8) is 0 Å². The van der Waals surface area contributed by atoms with Gasteiger partial charge in [0.25, 0.3) is 0 Å². The van der Waals surface area contributed by atoms with Crippen LogP contribution in [-0.2, 0) is 4.79 Å². The number of carboxylic acid groups (broad SMARTS) is 1. The zero-order chi connectivity index (χ0) is 9.02. The van der Waals surface area contributed by atoms with Crippen LogP contribution in [0.5, 0.6) is 0 Å². The molecule has 0 aliphatic rings. The van der Waals surface area contributed by atoms with Crippen molar-refractivity contribution in [1.82, 2.24) is 0 Å². The number of hydrogen-bond acceptors (Lipinski definition) is 1. The normalized spacial score (nSPS) is 13.1. The molecule has 0 rings (SSSR count). The highest BCUT2D eigenvalue weighted by molar-refractivity contribution is 5.67. The summed E-state index contributed by atoms with van der Waals surface area (Å²) < 4.78 is 24.0. The van der Waals surface area contributed by atoms with Gasteiger partial charge in [-0.05, 0) is 6.92 Å². The number of hydrogen-bond donors (Lipinski definition) is 1. The molecule has 0 aromatic rings. The van der Waals surface area contributed by atoms with Crippen LogP contribution >= 0.6 is 0 Å². The molecule has 0 radical (unpaired) electrons. The molecule has 0 amide bonds. The van der Waals surface area contributed by atoms with Gasteiger partial charge in [0.1, 0.15) is 0 Å². The van der Waals surface area contributed by atoms with Crippen LogP contribution in [-0.4, -0.2) is 17.5 Å². The fourth-order valence-electron chi connectivity index (χ4n) is 0.667. The number of allylic oxidation sites excluding steroid dienone is 1. The Morgan fingerprint density at radius 2 is 2.09 bits per heavy atom. The molecule has 1 N–H and O–H groups in total. The van der Waals surface area contributed by atoms with E-state index in [1.165, 1.54) is 6.92 Å². The van der Waals surface area contributed by atoms with Crippen molar-refractivity contribution in [3.05, 3.63) is 12.2 Å². The number of alkyl halides is 2. The van der Waals surface area contributed by atoms with Gasteiger partial charge in [0.2, 0.25) is 6.43 Å². The third-order valence-corrected chi connectivity index (χ3v) is 1.33. The van der Waals surface area contributed by atoms with E-state index in [-0.39, 0.29) is 5.57 Å². The molecule has 0 aliphatic heterocycles. The minimum Gasteiger partial charge on any atom is -0.481 e. The van der Waals surface area contributed by atoms with E-state index in [0.717, 1.165) is 0 Å². The zero-order valence-electron chi connectivity index (χ0n) is 6.18. The lowest BCUT2D eigenvalue weighted by atomic mass is 9.99. The van der Waals surface area contributed by atoms with Crippen molar-refractivity contribution in [3.8, 4) is 0 Å². The summed E-state index contributed by atoms with van der Waals surface area (Å²) in [5.41, 5.74) is 0.211. The number of rotatable bonds is 4. The van der Waals surface area contributed by atoms with Crippen molar-refractivity contribution >= 4 is 5.97 Å². The minimum absolute atomic E-state index is 0.211. The molecule has 0 heterocycles. The van der Waals surface area contributed by atoms with E-state index in [9.17, 15) is 13.6 Å². The summed E-state index contributed by atoms with van der Waals surface area (Å²) in [4.78, 5) is 10.0. The van der Waals surface area contributed by atoms with Crippen LogP contribution in [0, 0.1) is 5.92 Å². The van der Waals surface area contributed by atoms with E-state index >= 15 is 0 Å². The molecule has 1 atom stereocenters. The summed E-state index contributed by atoms with van der Waals surface area (Å²) >= 11 is 0. The Morgan fingerprint density at radius 3 is 2.18 bits per heavy atom. The zero-order valence-corrected chi connectivity index (χ0v) is 6.18. The molecule has 4 heteroatoms. The largest absolute Gasteiger partial charge is 0.481 e. The Bertz CT molecular complexity index is 166. The molecule has 0 fully saturated rings. The fraction of sp³-hybridized carbons (Fsp3) is 0.571. The van der Waals surface area contributed by atoms with Gasteiger partial charge in [-0.15, -0.1) is 0 Å². The first kappa shape index (κ1) is 10.1. The van der Waals surface area contributed by atoms with E-state index in [1.54, 1.807) is 0 Å². The van der Waals surface area contributed by atoms with Crippen LogP contribution in [0.3, 0.4) is 0 Å². The molecule has 11 heavy (non-hydrogen) atoms. The van der Waals surface area contributed by atoms with Crippen molar-refractivity contribution < 1.29 is 18.7 Å². The summed E-state index contributed by atoms with van der Waals surface area (Å²) in [7, 11) is 0. The Hall–Kier alpha value is -0.930. The van der Waals surface area contributed by atoms with Gasteiger partial charge >= 0.3 is 5.97 Å². The molecular weight excluding hydrogens is 154 g/mol. The summed E-state index contributed by atoms with van der Waals surface area (Å²) in [6, 6.07) is 0. The topological polar surface area (TPSA) is 37.3 Å². The molecule has 0 aromatic heterocycles. The van der Waals surface area contributed by atoms with Crippen LogP contribution in [0.4, 0.5) is 8.78 Å². The van der Waals surface area contributed by atoms with E-state index in [2.05, 4.69) is 6.58 Å². The summed E-state index contributed by atoms with van der Waals surface area (Å²) in [6.07, 6.45) is -3.18. The second-order valence-electron chi connectivity index (χ2n) is 2.39. The standard InChI is InChI=1S/C7H10F2O2/c1-4(2)5(7(8)9)3-6(10)11/h5,7H,1,3H2,2H3,(H,10,11). The van der Waals surface area contributed by atoms with E-state index in [1.807, 2.05) is 0 Å². The molecule has 0 spiro atoms. The fourth-order valence-corrected chi connectivity index (χ4v) is 0.667. The lowest BCUT2D eigenvalue weighted by Crippen LogP contribution is -2.16. The third-order valence-electron chi connectivity index (χ3n) is 1.33. The SMILES string of the molecule is C=C(C)C(CC(=O)O)C(F)F. The van der Waals surface area contributed by atoms with E-state index < -0.39 is 24.7 Å². The monoisotopic (exact) mass is 164 g/mol. The Morgan fingerprint density at radius 1 is 1.64 bits per heavy atom. The van der Waals surface area contributed by atoms with Crippen molar-refractivity contribution in [2.24, 2.45) is 5.92 Å². The van der Waals surface area contributed by atoms with Gasteiger partial charge in [0.15, 0.2) is 0 Å². The number of carboxylic acids is 1. The van der Waals surface area contributed by atoms with Gasteiger partial charge in [-0.25, -0.2) is 8.78 Å². The Balaban J connectivity index is 4.12. The third kappa shape index (κ3) is 3.70. The van der Waals surface area contributed by atoms with Gasteiger partial charge in [-0.1, -0.05) is 12.2 Å². The van der Waals surface area contributed by atoms with Crippen molar-refractivity contribution in [1.29, 1.82) is 0 Å². The Labute approximate surface area is 63.5 Å². The maximum Gasteiger partial charge on any atom is 0.304 e. The van der Waals surface area contributed by atoms with Gasteiger partial charge in [-0.3, -0.25) is 4.79 Å². The van der Waals surface area contributed by atoms with Crippen molar-refractivity contribution in [2.75, 3.05) is 0 Å². The summed E-state index contributed by atoms with van der Waals surface area (Å²) in [5.74, 6) is -2.44. The number of aliphatic carboxylic acids is 1. The van der Waals surface area contributed by atoms with E-state index in [0.29, 0.717) is 0 Å². The number of carbonyl (C=O) groups is 1. The van der Waals surface area contributed by atoms with Crippen LogP contribution in [0.2, 0.25) is 0 Å². The van der Waals surface area contributed by atoms with Crippen LogP contribution in [0.15, 0.2) is 12.2 Å². The predicted octanol–water partition coefficient (Wildman–Crippen LogP) is 1.92. The van der Waals surface area contributed by atoms with Gasteiger partial charge < -0.3 is 5.11 Å². The lowest BCUT2D eigenvalue weighted by Gasteiger charge is -2.12. The molecule has 2 nitrogen and oxygen atoms in total. The minimum atomic E-state index is -2.64. The van der Waals surface area contributed by atoms with Gasteiger partial charge in [0, 0.05) is 0 Å². The molecule has 0 bridgehead atoms. The smallest absolute Gasteiger partial charge is 0.304 e. The van der Waals surface area contributed by atoms with Gasteiger partial charge in [0.05, 0.1) is 12.3 Å². The first-order valence-electron chi connectivity index (χ1n) is 3.10. The van der Waals surface area contributed by atoms with Crippen LogP contribution in [0.25, 0.3) is 0 Å². The van der Waals surface area contributed by atoms with E-state index in [4.69, 9.17) is 5.11 Å². The van der Waals surface area contributed by atoms with Crippen LogP contribution in [0.1, 0.15) is 13.3 Å². The number of halogens is 2. The maximum atomic E-state index is 12.0. The highest BCUT2D eigenvalue weighted by Crippen LogP contribution is 2.21. The molecule has 0 saturated heterocycles. The molecule has 0 aliphatic carbocycles. The average molecular weight is 164 g/mol. The van der Waals surface area contributed by atoms with Gasteiger partial charge in [-0.2, -0.15) is 0 Å². The molecule has 64 valence electrons. The second kappa shape index (κ2) is 4.05. The highest BCUT2D eigenvalue weighted by atomic mass is 19.3. The molecule has 1 unspecified atom stereocenters. The van der Waals surface area contributed by atoms with Crippen LogP contribution < -0.4 is 0 Å². The second-order valence-corrected chi connectivity index (χ2v) is 2.39. The summed E-state index contributed by atoms with van der Waals surface area (Å²) in [5, 5.41) is 8.21.